The van der Waals surface area contributed by atoms with Crippen molar-refractivity contribution in [3.05, 3.63) is 28.2 Å². The SMILES string of the molecule is CCCCCN(Cc1ccc(Br)cc1N1CCCCC1)C(=O)OC(C)(C)C. The number of hydrogen-bond acceptors (Lipinski definition) is 3. The summed E-state index contributed by atoms with van der Waals surface area (Å²) in [5.74, 6) is 0. The third kappa shape index (κ3) is 7.36. The van der Waals surface area contributed by atoms with Crippen LogP contribution < -0.4 is 4.90 Å². The van der Waals surface area contributed by atoms with E-state index in [0.29, 0.717) is 6.54 Å². The summed E-state index contributed by atoms with van der Waals surface area (Å²) in [5, 5.41) is 0. The Morgan fingerprint density at radius 2 is 1.89 bits per heavy atom. The number of unbranched alkanes of at least 4 members (excludes halogenated alkanes) is 2. The maximum atomic E-state index is 12.8. The van der Waals surface area contributed by atoms with Crippen molar-refractivity contribution in [3.63, 3.8) is 0 Å². The first-order valence-electron chi connectivity index (χ1n) is 10.3. The van der Waals surface area contributed by atoms with E-state index >= 15 is 0 Å². The average Bonchev–Trinajstić information content (AvgIpc) is 2.61. The minimum absolute atomic E-state index is 0.217. The quantitative estimate of drug-likeness (QED) is 0.463. The van der Waals surface area contributed by atoms with Crippen LogP contribution in [-0.4, -0.2) is 36.2 Å². The lowest BCUT2D eigenvalue weighted by Crippen LogP contribution is -2.38. The van der Waals surface area contributed by atoms with Gasteiger partial charge in [0.05, 0.1) is 6.54 Å². The van der Waals surface area contributed by atoms with E-state index in [1.54, 1.807) is 0 Å². The molecular formula is C22H35BrN2O2. The first-order chi connectivity index (χ1) is 12.8. The van der Waals surface area contributed by atoms with Crippen LogP contribution in [0, 0.1) is 0 Å². The van der Waals surface area contributed by atoms with Gasteiger partial charge in [-0.2, -0.15) is 0 Å². The van der Waals surface area contributed by atoms with Gasteiger partial charge in [-0.05, 0) is 64.2 Å². The Bertz CT molecular complexity index is 607. The molecule has 0 bridgehead atoms. The second kappa shape index (κ2) is 10.4. The molecule has 1 aromatic carbocycles. The predicted octanol–water partition coefficient (Wildman–Crippen LogP) is 6.37. The Balaban J connectivity index is 2.20. The van der Waals surface area contributed by atoms with Gasteiger partial charge in [0.2, 0.25) is 0 Å². The number of carbonyl (C=O) groups is 1. The minimum atomic E-state index is -0.477. The fourth-order valence-electron chi connectivity index (χ4n) is 3.42. The minimum Gasteiger partial charge on any atom is -0.444 e. The summed E-state index contributed by atoms with van der Waals surface area (Å²) in [6.45, 7) is 11.5. The predicted molar refractivity (Wildman–Crippen MR) is 116 cm³/mol. The number of benzene rings is 1. The maximum Gasteiger partial charge on any atom is 0.410 e. The standard InChI is InChI=1S/C22H35BrN2O2/c1-5-6-8-15-25(21(26)27-22(2,3)4)17-18-11-12-19(23)16-20(18)24-13-9-7-10-14-24/h11-12,16H,5-10,13-15,17H2,1-4H3. The summed E-state index contributed by atoms with van der Waals surface area (Å²) < 4.78 is 6.76. The third-order valence-corrected chi connectivity index (χ3v) is 5.28. The van der Waals surface area contributed by atoms with Crippen LogP contribution >= 0.6 is 15.9 Å². The Hall–Kier alpha value is -1.23. The zero-order chi connectivity index (χ0) is 19.9. The monoisotopic (exact) mass is 438 g/mol. The molecule has 1 aromatic rings. The van der Waals surface area contributed by atoms with E-state index in [-0.39, 0.29) is 6.09 Å². The smallest absolute Gasteiger partial charge is 0.410 e. The van der Waals surface area contributed by atoms with Gasteiger partial charge in [-0.25, -0.2) is 4.79 Å². The van der Waals surface area contributed by atoms with Crippen LogP contribution in [-0.2, 0) is 11.3 Å². The normalized spacial score (nSPS) is 14.9. The summed E-state index contributed by atoms with van der Waals surface area (Å²) in [5.41, 5.74) is 1.96. The molecule has 0 atom stereocenters. The van der Waals surface area contributed by atoms with Gasteiger partial charge in [-0.3, -0.25) is 0 Å². The van der Waals surface area contributed by atoms with Gasteiger partial charge in [0, 0.05) is 29.8 Å². The highest BCUT2D eigenvalue weighted by Crippen LogP contribution is 2.29. The molecule has 0 aliphatic carbocycles. The highest BCUT2D eigenvalue weighted by Gasteiger charge is 2.24. The van der Waals surface area contributed by atoms with Crippen molar-refractivity contribution >= 4 is 27.7 Å². The third-order valence-electron chi connectivity index (χ3n) is 4.79. The van der Waals surface area contributed by atoms with E-state index in [4.69, 9.17) is 4.74 Å². The van der Waals surface area contributed by atoms with Crippen molar-refractivity contribution in [2.75, 3.05) is 24.5 Å². The van der Waals surface area contributed by atoms with Crippen LogP contribution in [0.25, 0.3) is 0 Å². The molecule has 0 spiro atoms. The van der Waals surface area contributed by atoms with Crippen molar-refractivity contribution in [3.8, 4) is 0 Å². The Morgan fingerprint density at radius 3 is 2.52 bits per heavy atom. The summed E-state index contributed by atoms with van der Waals surface area (Å²) in [7, 11) is 0. The molecule has 5 heteroatoms. The van der Waals surface area contributed by atoms with E-state index in [2.05, 4.69) is 46.0 Å². The molecule has 1 aliphatic heterocycles. The van der Waals surface area contributed by atoms with Gasteiger partial charge in [0.25, 0.3) is 0 Å². The molecule has 0 aromatic heterocycles. The average molecular weight is 439 g/mol. The van der Waals surface area contributed by atoms with Crippen LogP contribution in [0.3, 0.4) is 0 Å². The van der Waals surface area contributed by atoms with Gasteiger partial charge in [-0.15, -0.1) is 0 Å². The van der Waals surface area contributed by atoms with Crippen molar-refractivity contribution in [1.82, 2.24) is 4.90 Å². The van der Waals surface area contributed by atoms with E-state index in [9.17, 15) is 4.79 Å². The lowest BCUT2D eigenvalue weighted by molar-refractivity contribution is 0.0230. The van der Waals surface area contributed by atoms with Gasteiger partial charge in [-0.1, -0.05) is 41.8 Å². The van der Waals surface area contributed by atoms with Gasteiger partial charge in [0.15, 0.2) is 0 Å². The van der Waals surface area contributed by atoms with Gasteiger partial charge >= 0.3 is 6.09 Å². The first-order valence-corrected chi connectivity index (χ1v) is 11.1. The number of anilines is 1. The lowest BCUT2D eigenvalue weighted by atomic mass is 10.1. The van der Waals surface area contributed by atoms with Crippen molar-refractivity contribution in [2.24, 2.45) is 0 Å². The zero-order valence-corrected chi connectivity index (χ0v) is 19.0. The Labute approximate surface area is 173 Å². The highest BCUT2D eigenvalue weighted by molar-refractivity contribution is 9.10. The van der Waals surface area contributed by atoms with Crippen LogP contribution in [0.2, 0.25) is 0 Å². The number of amides is 1. The van der Waals surface area contributed by atoms with E-state index < -0.39 is 5.60 Å². The summed E-state index contributed by atoms with van der Waals surface area (Å²) >= 11 is 3.62. The fraction of sp³-hybridized carbons (Fsp3) is 0.682. The van der Waals surface area contributed by atoms with E-state index in [0.717, 1.165) is 43.4 Å². The number of piperidine rings is 1. The van der Waals surface area contributed by atoms with E-state index in [1.165, 1.54) is 30.5 Å². The summed E-state index contributed by atoms with van der Waals surface area (Å²) in [6.07, 6.45) is 6.83. The second-order valence-electron chi connectivity index (χ2n) is 8.43. The molecule has 0 saturated carbocycles. The highest BCUT2D eigenvalue weighted by atomic mass is 79.9. The number of hydrogen-bond donors (Lipinski definition) is 0. The molecule has 1 aliphatic rings. The largest absolute Gasteiger partial charge is 0.444 e. The summed E-state index contributed by atoms with van der Waals surface area (Å²) in [6, 6.07) is 6.41. The van der Waals surface area contributed by atoms with Crippen molar-refractivity contribution < 1.29 is 9.53 Å². The van der Waals surface area contributed by atoms with Crippen LogP contribution in [0.1, 0.15) is 71.8 Å². The number of nitrogens with zero attached hydrogens (tertiary/aromatic N) is 2. The molecule has 0 N–H and O–H groups in total. The van der Waals surface area contributed by atoms with Gasteiger partial charge < -0.3 is 14.5 Å². The fourth-order valence-corrected chi connectivity index (χ4v) is 3.77. The molecule has 1 amide bonds. The molecule has 1 fully saturated rings. The molecule has 1 saturated heterocycles. The zero-order valence-electron chi connectivity index (χ0n) is 17.4. The number of halogens is 1. The van der Waals surface area contributed by atoms with Crippen LogP contribution in [0.4, 0.5) is 10.5 Å². The Kier molecular flexibility index (Phi) is 8.46. The molecule has 152 valence electrons. The molecule has 27 heavy (non-hydrogen) atoms. The second-order valence-corrected chi connectivity index (χ2v) is 9.35. The molecule has 0 unspecified atom stereocenters. The molecule has 4 nitrogen and oxygen atoms in total. The number of ether oxygens (including phenoxy) is 1. The molecule has 1 heterocycles. The summed E-state index contributed by atoms with van der Waals surface area (Å²) in [4.78, 5) is 17.1. The first kappa shape index (κ1) is 22.1. The lowest BCUT2D eigenvalue weighted by Gasteiger charge is -2.33. The maximum absolute atomic E-state index is 12.8. The van der Waals surface area contributed by atoms with Gasteiger partial charge in [0.1, 0.15) is 5.60 Å². The van der Waals surface area contributed by atoms with Crippen LogP contribution in [0.15, 0.2) is 22.7 Å². The van der Waals surface area contributed by atoms with Crippen molar-refractivity contribution in [2.45, 2.75) is 78.4 Å². The van der Waals surface area contributed by atoms with Crippen molar-refractivity contribution in [1.29, 1.82) is 0 Å². The molecule has 0 radical (unpaired) electrons. The molecular weight excluding hydrogens is 404 g/mol. The number of carbonyl (C=O) groups excluding carboxylic acids is 1. The van der Waals surface area contributed by atoms with E-state index in [1.807, 2.05) is 25.7 Å². The number of rotatable bonds is 7. The topological polar surface area (TPSA) is 32.8 Å². The molecule has 2 rings (SSSR count). The Morgan fingerprint density at radius 1 is 1.19 bits per heavy atom. The van der Waals surface area contributed by atoms with Crippen LogP contribution in [0.5, 0.6) is 0 Å².